The number of halogens is 1. The van der Waals surface area contributed by atoms with Gasteiger partial charge < -0.3 is 14.8 Å². The summed E-state index contributed by atoms with van der Waals surface area (Å²) >= 11 is 5.95. The molecule has 0 radical (unpaired) electrons. The minimum atomic E-state index is -0.739. The van der Waals surface area contributed by atoms with Crippen molar-refractivity contribution < 1.29 is 19.1 Å². The van der Waals surface area contributed by atoms with Crippen molar-refractivity contribution in [3.8, 4) is 11.5 Å². The van der Waals surface area contributed by atoms with Gasteiger partial charge in [-0.2, -0.15) is 0 Å². The van der Waals surface area contributed by atoms with Gasteiger partial charge in [0.25, 0.3) is 5.91 Å². The second kappa shape index (κ2) is 8.53. The van der Waals surface area contributed by atoms with Crippen molar-refractivity contribution in [3.63, 3.8) is 0 Å². The van der Waals surface area contributed by atoms with Crippen LogP contribution in [0, 0.1) is 0 Å². The number of anilines is 1. The number of nitrogens with one attached hydrogen (secondary N) is 1. The van der Waals surface area contributed by atoms with Crippen molar-refractivity contribution in [1.82, 2.24) is 0 Å². The van der Waals surface area contributed by atoms with Gasteiger partial charge in [0, 0.05) is 17.0 Å². The Balaban J connectivity index is 2.03. The largest absolute Gasteiger partial charge is 0.495 e. The minimum absolute atomic E-state index is 0.0605. The molecular formula is C19H20ClNO4. The smallest absolute Gasteiger partial charge is 0.265 e. The van der Waals surface area contributed by atoms with Gasteiger partial charge in [0.1, 0.15) is 11.5 Å². The van der Waals surface area contributed by atoms with Crippen molar-refractivity contribution in [1.29, 1.82) is 0 Å². The van der Waals surface area contributed by atoms with E-state index < -0.39 is 6.10 Å². The maximum Gasteiger partial charge on any atom is 0.265 e. The van der Waals surface area contributed by atoms with Gasteiger partial charge in [-0.1, -0.05) is 18.5 Å². The zero-order chi connectivity index (χ0) is 18.4. The van der Waals surface area contributed by atoms with Crippen molar-refractivity contribution in [2.75, 3.05) is 12.4 Å². The molecule has 2 aromatic carbocycles. The molecule has 1 N–H and O–H groups in total. The van der Waals surface area contributed by atoms with Crippen LogP contribution in [-0.4, -0.2) is 24.9 Å². The lowest BCUT2D eigenvalue weighted by molar-refractivity contribution is -0.122. The van der Waals surface area contributed by atoms with E-state index in [0.717, 1.165) is 0 Å². The van der Waals surface area contributed by atoms with Crippen molar-refractivity contribution in [2.45, 2.75) is 26.4 Å². The summed E-state index contributed by atoms with van der Waals surface area (Å²) in [6.07, 6.45) is -0.295. The first-order valence-corrected chi connectivity index (χ1v) is 8.26. The average molecular weight is 362 g/mol. The molecule has 0 aliphatic heterocycles. The van der Waals surface area contributed by atoms with E-state index in [0.29, 0.717) is 34.2 Å². The van der Waals surface area contributed by atoms with Crippen LogP contribution in [0.3, 0.4) is 0 Å². The summed E-state index contributed by atoms with van der Waals surface area (Å²) in [7, 11) is 1.51. The number of amides is 1. The first-order chi connectivity index (χ1) is 11.9. The second-order valence-electron chi connectivity index (χ2n) is 5.40. The van der Waals surface area contributed by atoms with Gasteiger partial charge in [0.2, 0.25) is 0 Å². The SMILES string of the molecule is CCC(=O)c1ccc(O[C@H](C)C(=O)Nc2cc(Cl)ccc2OC)cc1. The number of ketones is 1. The van der Waals surface area contributed by atoms with E-state index in [1.54, 1.807) is 49.4 Å². The molecule has 0 fully saturated rings. The zero-order valence-corrected chi connectivity index (χ0v) is 15.1. The maximum absolute atomic E-state index is 12.3. The fourth-order valence-corrected chi connectivity index (χ4v) is 2.37. The highest BCUT2D eigenvalue weighted by Crippen LogP contribution is 2.28. The van der Waals surface area contributed by atoms with Crippen LogP contribution in [0.5, 0.6) is 11.5 Å². The lowest BCUT2D eigenvalue weighted by Crippen LogP contribution is -2.30. The predicted molar refractivity (Wildman–Crippen MR) is 97.8 cm³/mol. The number of hydrogen-bond acceptors (Lipinski definition) is 4. The van der Waals surface area contributed by atoms with Crippen LogP contribution in [0.2, 0.25) is 5.02 Å². The number of carbonyl (C=O) groups excluding carboxylic acids is 2. The molecule has 5 nitrogen and oxygen atoms in total. The van der Waals surface area contributed by atoms with Crippen LogP contribution >= 0.6 is 11.6 Å². The van der Waals surface area contributed by atoms with Crippen molar-refractivity contribution in [3.05, 3.63) is 53.1 Å². The number of Topliss-reactive ketones (excluding diaryl/α,β-unsaturated/α-hetero) is 1. The summed E-state index contributed by atoms with van der Waals surface area (Å²) in [4.78, 5) is 23.9. The summed E-state index contributed by atoms with van der Waals surface area (Å²) in [6, 6.07) is 11.7. The molecule has 6 heteroatoms. The Morgan fingerprint density at radius 3 is 2.44 bits per heavy atom. The number of carbonyl (C=O) groups is 2. The molecule has 0 bridgehead atoms. The third kappa shape index (κ3) is 4.97. The van der Waals surface area contributed by atoms with Crippen LogP contribution < -0.4 is 14.8 Å². The van der Waals surface area contributed by atoms with Gasteiger partial charge in [-0.25, -0.2) is 0 Å². The Labute approximate surface area is 151 Å². The van der Waals surface area contributed by atoms with Gasteiger partial charge in [-0.3, -0.25) is 9.59 Å². The van der Waals surface area contributed by atoms with E-state index in [1.165, 1.54) is 7.11 Å². The van der Waals surface area contributed by atoms with E-state index in [1.807, 2.05) is 6.92 Å². The maximum atomic E-state index is 12.3. The molecule has 0 saturated carbocycles. The quantitative estimate of drug-likeness (QED) is 0.745. The van der Waals surface area contributed by atoms with Gasteiger partial charge in [0.15, 0.2) is 11.9 Å². The fraction of sp³-hybridized carbons (Fsp3) is 0.263. The molecule has 25 heavy (non-hydrogen) atoms. The second-order valence-corrected chi connectivity index (χ2v) is 5.83. The van der Waals surface area contributed by atoms with Crippen LogP contribution in [-0.2, 0) is 4.79 Å². The molecule has 1 atom stereocenters. The predicted octanol–water partition coefficient (Wildman–Crippen LogP) is 4.35. The normalized spacial score (nSPS) is 11.5. The summed E-state index contributed by atoms with van der Waals surface area (Å²) in [5.41, 5.74) is 1.09. The van der Waals surface area contributed by atoms with Crippen molar-refractivity contribution >= 4 is 29.0 Å². The summed E-state index contributed by atoms with van der Waals surface area (Å²) in [5.74, 6) is 0.736. The highest BCUT2D eigenvalue weighted by Gasteiger charge is 2.17. The van der Waals surface area contributed by atoms with Crippen LogP contribution in [0.1, 0.15) is 30.6 Å². The first-order valence-electron chi connectivity index (χ1n) is 7.89. The Morgan fingerprint density at radius 2 is 1.84 bits per heavy atom. The fourth-order valence-electron chi connectivity index (χ4n) is 2.19. The summed E-state index contributed by atoms with van der Waals surface area (Å²) in [6.45, 7) is 3.45. The van der Waals surface area contributed by atoms with Crippen molar-refractivity contribution in [2.24, 2.45) is 0 Å². The van der Waals surface area contributed by atoms with Gasteiger partial charge in [0.05, 0.1) is 12.8 Å². The lowest BCUT2D eigenvalue weighted by Gasteiger charge is -2.16. The highest BCUT2D eigenvalue weighted by molar-refractivity contribution is 6.31. The number of hydrogen-bond donors (Lipinski definition) is 1. The Hall–Kier alpha value is -2.53. The van der Waals surface area contributed by atoms with Crippen LogP contribution in [0.4, 0.5) is 5.69 Å². The topological polar surface area (TPSA) is 64.6 Å². The molecule has 132 valence electrons. The number of rotatable bonds is 7. The Morgan fingerprint density at radius 1 is 1.16 bits per heavy atom. The van der Waals surface area contributed by atoms with E-state index in [9.17, 15) is 9.59 Å². The van der Waals surface area contributed by atoms with E-state index in [2.05, 4.69) is 5.32 Å². The number of methoxy groups -OCH3 is 1. The van der Waals surface area contributed by atoms with Gasteiger partial charge in [-0.15, -0.1) is 0 Å². The van der Waals surface area contributed by atoms with Gasteiger partial charge >= 0.3 is 0 Å². The van der Waals surface area contributed by atoms with E-state index >= 15 is 0 Å². The molecule has 0 unspecified atom stereocenters. The molecule has 0 heterocycles. The molecule has 1 amide bonds. The zero-order valence-electron chi connectivity index (χ0n) is 14.3. The Kier molecular flexibility index (Phi) is 6.42. The van der Waals surface area contributed by atoms with E-state index in [-0.39, 0.29) is 11.7 Å². The molecule has 0 spiro atoms. The molecule has 0 aromatic heterocycles. The van der Waals surface area contributed by atoms with Crippen LogP contribution in [0.15, 0.2) is 42.5 Å². The Bertz CT molecular complexity index is 759. The number of benzene rings is 2. The van der Waals surface area contributed by atoms with Gasteiger partial charge in [-0.05, 0) is 49.4 Å². The molecule has 0 saturated heterocycles. The molecule has 0 aliphatic carbocycles. The average Bonchev–Trinajstić information content (AvgIpc) is 2.61. The standard InChI is InChI=1S/C19H20ClNO4/c1-4-17(22)13-5-8-15(9-6-13)25-12(2)19(23)21-16-11-14(20)7-10-18(16)24-3/h5-12H,4H2,1-3H3,(H,21,23)/t12-/m1/s1. The third-order valence-corrected chi connectivity index (χ3v) is 3.83. The highest BCUT2D eigenvalue weighted by atomic mass is 35.5. The molecule has 0 aliphatic rings. The van der Waals surface area contributed by atoms with Crippen LogP contribution in [0.25, 0.3) is 0 Å². The molecule has 2 aromatic rings. The third-order valence-electron chi connectivity index (χ3n) is 3.60. The summed E-state index contributed by atoms with van der Waals surface area (Å²) in [5, 5.41) is 3.22. The first kappa shape index (κ1) is 18.8. The number of ether oxygens (including phenoxy) is 2. The molecule has 2 rings (SSSR count). The minimum Gasteiger partial charge on any atom is -0.495 e. The van der Waals surface area contributed by atoms with E-state index in [4.69, 9.17) is 21.1 Å². The monoisotopic (exact) mass is 361 g/mol. The lowest BCUT2D eigenvalue weighted by atomic mass is 10.1. The summed E-state index contributed by atoms with van der Waals surface area (Å²) < 4.78 is 10.8. The molecular weight excluding hydrogens is 342 g/mol.